The van der Waals surface area contributed by atoms with Gasteiger partial charge in [-0.25, -0.2) is 0 Å². The van der Waals surface area contributed by atoms with Crippen molar-refractivity contribution in [1.29, 1.82) is 0 Å². The smallest absolute Gasteiger partial charge is 0.0172 e. The minimum Gasteiger partial charge on any atom is -0.311 e. The van der Waals surface area contributed by atoms with Crippen molar-refractivity contribution < 1.29 is 0 Å². The molecule has 0 aliphatic heterocycles. The van der Waals surface area contributed by atoms with Crippen molar-refractivity contribution in [3.05, 3.63) is 53.6 Å². The molecule has 1 fully saturated rings. The van der Waals surface area contributed by atoms with E-state index < -0.39 is 0 Å². The van der Waals surface area contributed by atoms with Crippen LogP contribution in [0.4, 0.5) is 0 Å². The van der Waals surface area contributed by atoms with E-state index in [0.717, 1.165) is 12.5 Å². The van der Waals surface area contributed by atoms with Gasteiger partial charge in [0.05, 0.1) is 0 Å². The molecule has 1 heteroatoms. The second-order valence-electron chi connectivity index (χ2n) is 6.38. The van der Waals surface area contributed by atoms with Gasteiger partial charge in [-0.1, -0.05) is 87.2 Å². The summed E-state index contributed by atoms with van der Waals surface area (Å²) in [6, 6.07) is 11.1. The zero-order valence-corrected chi connectivity index (χ0v) is 13.5. The van der Waals surface area contributed by atoms with Crippen molar-refractivity contribution in [1.82, 2.24) is 5.32 Å². The van der Waals surface area contributed by atoms with Gasteiger partial charge in [0.15, 0.2) is 0 Å². The fourth-order valence-corrected chi connectivity index (χ4v) is 2.98. The maximum atomic E-state index is 3.59. The average Bonchev–Trinajstić information content (AvgIpc) is 2.52. The summed E-state index contributed by atoms with van der Waals surface area (Å²) in [6.45, 7) is 5.47. The van der Waals surface area contributed by atoms with E-state index in [9.17, 15) is 0 Å². The molecule has 1 N–H and O–H groups in total. The Morgan fingerprint density at radius 2 is 1.86 bits per heavy atom. The lowest BCUT2D eigenvalue weighted by molar-refractivity contribution is 0.392. The molecule has 0 unspecified atom stereocenters. The van der Waals surface area contributed by atoms with Crippen molar-refractivity contribution in [2.75, 3.05) is 6.54 Å². The van der Waals surface area contributed by atoms with Crippen LogP contribution in [0.15, 0.2) is 48.1 Å². The first-order chi connectivity index (χ1) is 10.3. The lowest BCUT2D eigenvalue weighted by Crippen LogP contribution is -2.27. The second kappa shape index (κ2) is 8.84. The topological polar surface area (TPSA) is 12.0 Å². The van der Waals surface area contributed by atoms with Gasteiger partial charge in [0, 0.05) is 12.6 Å². The molecule has 21 heavy (non-hydrogen) atoms. The van der Waals surface area contributed by atoms with Crippen molar-refractivity contribution in [3.8, 4) is 0 Å². The molecule has 1 aliphatic rings. The largest absolute Gasteiger partial charge is 0.311 e. The normalized spacial score (nSPS) is 17.8. The van der Waals surface area contributed by atoms with Crippen LogP contribution >= 0.6 is 0 Å². The third-order valence-corrected chi connectivity index (χ3v) is 4.24. The summed E-state index contributed by atoms with van der Waals surface area (Å²) in [5, 5.41) is 3.59. The molecule has 1 aromatic rings. The van der Waals surface area contributed by atoms with Gasteiger partial charge in [-0.05, 0) is 24.3 Å². The van der Waals surface area contributed by atoms with Crippen LogP contribution in [0.5, 0.6) is 0 Å². The van der Waals surface area contributed by atoms with Crippen LogP contribution in [0.2, 0.25) is 0 Å². The highest BCUT2D eigenvalue weighted by Gasteiger charge is 2.17. The molecule has 1 aliphatic carbocycles. The Labute approximate surface area is 130 Å². The molecule has 0 heterocycles. The zero-order valence-electron chi connectivity index (χ0n) is 13.5. The number of rotatable bonds is 6. The molecule has 0 amide bonds. The van der Waals surface area contributed by atoms with Crippen molar-refractivity contribution in [2.45, 2.75) is 52.0 Å². The molecule has 2 rings (SSSR count). The maximum Gasteiger partial charge on any atom is 0.0172 e. The third-order valence-electron chi connectivity index (χ3n) is 4.24. The molecule has 1 saturated carbocycles. The predicted octanol–water partition coefficient (Wildman–Crippen LogP) is 5.20. The first-order valence-corrected chi connectivity index (χ1v) is 8.41. The lowest BCUT2D eigenvalue weighted by atomic mass is 9.83. The van der Waals surface area contributed by atoms with E-state index >= 15 is 0 Å². The van der Waals surface area contributed by atoms with E-state index in [-0.39, 0.29) is 0 Å². The van der Waals surface area contributed by atoms with Crippen LogP contribution in [0, 0.1) is 5.92 Å². The molecule has 0 spiro atoms. The van der Waals surface area contributed by atoms with Crippen molar-refractivity contribution >= 4 is 6.08 Å². The van der Waals surface area contributed by atoms with Crippen LogP contribution in [0.25, 0.3) is 6.08 Å². The van der Waals surface area contributed by atoms with Crippen LogP contribution in [0.1, 0.15) is 51.5 Å². The Kier molecular flexibility index (Phi) is 6.75. The van der Waals surface area contributed by atoms with E-state index in [4.69, 9.17) is 0 Å². The van der Waals surface area contributed by atoms with Crippen LogP contribution < -0.4 is 5.32 Å². The highest BCUT2D eigenvalue weighted by atomic mass is 14.9. The molecule has 0 radical (unpaired) electrons. The number of allylic oxidation sites excluding steroid dienone is 2. The molecule has 114 valence electrons. The quantitative estimate of drug-likeness (QED) is 0.707. The molecular weight excluding hydrogens is 254 g/mol. The summed E-state index contributed by atoms with van der Waals surface area (Å²) >= 11 is 0. The van der Waals surface area contributed by atoms with Gasteiger partial charge >= 0.3 is 0 Å². The van der Waals surface area contributed by atoms with Gasteiger partial charge in [0.2, 0.25) is 0 Å². The predicted molar refractivity (Wildman–Crippen MR) is 93.3 cm³/mol. The minimum atomic E-state index is 0.551. The molecule has 1 nitrogen and oxygen atoms in total. The first-order valence-electron chi connectivity index (χ1n) is 8.41. The summed E-state index contributed by atoms with van der Waals surface area (Å²) in [6.07, 6.45) is 13.7. The fraction of sp³-hybridized carbons (Fsp3) is 0.500. The molecule has 0 aromatic heterocycles. The van der Waals surface area contributed by atoms with E-state index in [2.05, 4.69) is 67.7 Å². The summed E-state index contributed by atoms with van der Waals surface area (Å²) in [4.78, 5) is 0. The Morgan fingerprint density at radius 3 is 2.52 bits per heavy atom. The van der Waals surface area contributed by atoms with Crippen LogP contribution in [-0.4, -0.2) is 12.6 Å². The number of benzene rings is 1. The maximum absolute atomic E-state index is 3.59. The van der Waals surface area contributed by atoms with Gasteiger partial charge in [0.25, 0.3) is 0 Å². The standard InChI is InChI=1S/C20H29N/c1-17(2)21-16-20(19-13-7-4-8-14-19)15-9-12-18-10-5-3-6-11-18/h3,5-6,9-12,15,17,19,21H,4,7-8,13-14,16H2,1-2H3. The average molecular weight is 283 g/mol. The summed E-state index contributed by atoms with van der Waals surface area (Å²) in [5.74, 6) is 0.783. The van der Waals surface area contributed by atoms with Crippen molar-refractivity contribution in [2.24, 2.45) is 5.92 Å². The zero-order chi connectivity index (χ0) is 14.9. The monoisotopic (exact) mass is 283 g/mol. The first kappa shape index (κ1) is 16.0. The fourth-order valence-electron chi connectivity index (χ4n) is 2.98. The molecule has 1 aromatic carbocycles. The SMILES string of the molecule is CC(C)NCC(=CC=Cc1ccccc1)C1CCCCC1. The van der Waals surface area contributed by atoms with E-state index in [1.165, 1.54) is 37.7 Å². The Bertz CT molecular complexity index is 450. The Hall–Kier alpha value is -1.34. The lowest BCUT2D eigenvalue weighted by Gasteiger charge is -2.25. The van der Waals surface area contributed by atoms with E-state index in [1.54, 1.807) is 5.57 Å². The number of nitrogens with one attached hydrogen (secondary N) is 1. The highest BCUT2D eigenvalue weighted by molar-refractivity contribution is 5.51. The Morgan fingerprint density at radius 1 is 1.14 bits per heavy atom. The van der Waals surface area contributed by atoms with Gasteiger partial charge < -0.3 is 5.32 Å². The Balaban J connectivity index is 2.02. The van der Waals surface area contributed by atoms with Gasteiger partial charge in [0.1, 0.15) is 0 Å². The minimum absolute atomic E-state index is 0.551. The number of hydrogen-bond donors (Lipinski definition) is 1. The third kappa shape index (κ3) is 5.89. The summed E-state index contributed by atoms with van der Waals surface area (Å²) < 4.78 is 0. The molecule has 0 atom stereocenters. The van der Waals surface area contributed by atoms with Crippen molar-refractivity contribution in [3.63, 3.8) is 0 Å². The summed E-state index contributed by atoms with van der Waals surface area (Å²) in [7, 11) is 0. The molecular formula is C20H29N. The molecule has 0 bridgehead atoms. The van der Waals surface area contributed by atoms with Crippen LogP contribution in [0.3, 0.4) is 0 Å². The van der Waals surface area contributed by atoms with E-state index in [1.807, 2.05) is 0 Å². The second-order valence-corrected chi connectivity index (χ2v) is 6.38. The van der Waals surface area contributed by atoms with Crippen LogP contribution in [-0.2, 0) is 0 Å². The summed E-state index contributed by atoms with van der Waals surface area (Å²) in [5.41, 5.74) is 2.85. The highest BCUT2D eigenvalue weighted by Crippen LogP contribution is 2.29. The van der Waals surface area contributed by atoms with Gasteiger partial charge in [-0.3, -0.25) is 0 Å². The number of hydrogen-bond acceptors (Lipinski definition) is 1. The van der Waals surface area contributed by atoms with Gasteiger partial charge in [-0.15, -0.1) is 0 Å². The van der Waals surface area contributed by atoms with E-state index in [0.29, 0.717) is 6.04 Å². The molecule has 0 saturated heterocycles. The van der Waals surface area contributed by atoms with Gasteiger partial charge in [-0.2, -0.15) is 0 Å².